The molecule has 20 heavy (non-hydrogen) atoms. The molecule has 2 aliphatic rings. The number of benzene rings is 1. The number of ether oxygens (including phenoxy) is 1. The predicted octanol–water partition coefficient (Wildman–Crippen LogP) is 4.39. The Morgan fingerprint density at radius 1 is 1.35 bits per heavy atom. The summed E-state index contributed by atoms with van der Waals surface area (Å²) in [4.78, 5) is 0. The molecule has 3 rings (SSSR count). The third kappa shape index (κ3) is 2.61. The molecule has 2 N–H and O–H groups in total. The fourth-order valence-corrected chi connectivity index (χ4v) is 4.17. The van der Waals surface area contributed by atoms with E-state index in [1.54, 1.807) is 0 Å². The second-order valence-electron chi connectivity index (χ2n) is 6.50. The van der Waals surface area contributed by atoms with Crippen molar-refractivity contribution in [2.24, 2.45) is 11.7 Å². The van der Waals surface area contributed by atoms with Crippen LogP contribution in [0, 0.1) is 12.8 Å². The van der Waals surface area contributed by atoms with E-state index in [4.69, 9.17) is 22.1 Å². The van der Waals surface area contributed by atoms with Gasteiger partial charge >= 0.3 is 0 Å². The summed E-state index contributed by atoms with van der Waals surface area (Å²) in [7, 11) is 0. The Morgan fingerprint density at radius 3 is 2.85 bits per heavy atom. The summed E-state index contributed by atoms with van der Waals surface area (Å²) < 4.78 is 6.11. The van der Waals surface area contributed by atoms with Crippen molar-refractivity contribution in [1.29, 1.82) is 0 Å². The zero-order chi connectivity index (χ0) is 14.2. The first kappa shape index (κ1) is 14.4. The topological polar surface area (TPSA) is 35.2 Å². The van der Waals surface area contributed by atoms with Gasteiger partial charge in [-0.25, -0.2) is 0 Å². The minimum absolute atomic E-state index is 0.0313. The molecule has 2 atom stereocenters. The SMILES string of the molecule is Cc1cccc(C(N)C2CCOC3(CCCC3)C2)c1Cl. The van der Waals surface area contributed by atoms with Crippen molar-refractivity contribution in [1.82, 2.24) is 0 Å². The molecule has 1 spiro atoms. The van der Waals surface area contributed by atoms with Crippen LogP contribution in [0.1, 0.15) is 55.7 Å². The van der Waals surface area contributed by atoms with Crippen molar-refractivity contribution >= 4 is 11.6 Å². The van der Waals surface area contributed by atoms with E-state index in [1.807, 2.05) is 13.0 Å². The molecule has 0 radical (unpaired) electrons. The van der Waals surface area contributed by atoms with Gasteiger partial charge in [0.25, 0.3) is 0 Å². The van der Waals surface area contributed by atoms with Gasteiger partial charge < -0.3 is 10.5 Å². The standard InChI is InChI=1S/C17H24ClNO/c1-12-5-4-6-14(15(12)18)16(19)13-7-10-20-17(11-13)8-2-3-9-17/h4-6,13,16H,2-3,7-11,19H2,1H3. The molecule has 0 aromatic heterocycles. The fourth-order valence-electron chi connectivity index (χ4n) is 3.92. The van der Waals surface area contributed by atoms with Crippen molar-refractivity contribution in [3.05, 3.63) is 34.3 Å². The van der Waals surface area contributed by atoms with Gasteiger partial charge in [0.2, 0.25) is 0 Å². The molecule has 1 aliphatic carbocycles. The molecule has 2 nitrogen and oxygen atoms in total. The number of halogens is 1. The van der Waals surface area contributed by atoms with Crippen LogP contribution in [0.4, 0.5) is 0 Å². The summed E-state index contributed by atoms with van der Waals surface area (Å²) in [5.41, 5.74) is 8.89. The Labute approximate surface area is 126 Å². The zero-order valence-electron chi connectivity index (χ0n) is 12.2. The van der Waals surface area contributed by atoms with Crippen LogP contribution in [0.3, 0.4) is 0 Å². The maximum atomic E-state index is 6.55. The van der Waals surface area contributed by atoms with Gasteiger partial charge in [-0.05, 0) is 49.7 Å². The Balaban J connectivity index is 1.79. The molecule has 2 unspecified atom stereocenters. The fraction of sp³-hybridized carbons (Fsp3) is 0.647. The van der Waals surface area contributed by atoms with Crippen molar-refractivity contribution < 1.29 is 4.74 Å². The van der Waals surface area contributed by atoms with Crippen LogP contribution in [-0.2, 0) is 4.74 Å². The summed E-state index contributed by atoms with van der Waals surface area (Å²) >= 11 is 6.45. The van der Waals surface area contributed by atoms with Crippen LogP contribution in [-0.4, -0.2) is 12.2 Å². The van der Waals surface area contributed by atoms with E-state index in [9.17, 15) is 0 Å². The quantitative estimate of drug-likeness (QED) is 0.878. The van der Waals surface area contributed by atoms with Crippen molar-refractivity contribution in [2.45, 2.75) is 57.1 Å². The third-order valence-corrected chi connectivity index (χ3v) is 5.65. The van der Waals surface area contributed by atoms with Gasteiger partial charge in [0.1, 0.15) is 0 Å². The molecular weight excluding hydrogens is 270 g/mol. The predicted molar refractivity (Wildman–Crippen MR) is 83.0 cm³/mol. The highest BCUT2D eigenvalue weighted by Gasteiger charge is 2.41. The molecule has 1 heterocycles. The summed E-state index contributed by atoms with van der Waals surface area (Å²) in [5.74, 6) is 0.487. The van der Waals surface area contributed by atoms with Gasteiger partial charge in [-0.1, -0.05) is 42.6 Å². The highest BCUT2D eigenvalue weighted by atomic mass is 35.5. The molecule has 1 aliphatic heterocycles. The highest BCUT2D eigenvalue weighted by Crippen LogP contribution is 2.45. The normalized spacial score (nSPS) is 26.9. The maximum Gasteiger partial charge on any atom is 0.0685 e. The van der Waals surface area contributed by atoms with E-state index in [2.05, 4.69) is 12.1 Å². The molecular formula is C17H24ClNO. The smallest absolute Gasteiger partial charge is 0.0685 e. The number of hydrogen-bond acceptors (Lipinski definition) is 2. The molecule has 1 aromatic rings. The van der Waals surface area contributed by atoms with E-state index in [0.29, 0.717) is 5.92 Å². The number of nitrogens with two attached hydrogens (primary N) is 1. The Kier molecular flexibility index (Phi) is 4.07. The Morgan fingerprint density at radius 2 is 2.10 bits per heavy atom. The summed E-state index contributed by atoms with van der Waals surface area (Å²) in [6.07, 6.45) is 7.15. The lowest BCUT2D eigenvalue weighted by atomic mass is 9.79. The van der Waals surface area contributed by atoms with Crippen LogP contribution in [0.15, 0.2) is 18.2 Å². The second kappa shape index (κ2) is 5.67. The Bertz CT molecular complexity index is 482. The van der Waals surface area contributed by atoms with Gasteiger partial charge in [-0.15, -0.1) is 0 Å². The molecule has 1 saturated carbocycles. The van der Waals surface area contributed by atoms with Gasteiger partial charge in [-0.3, -0.25) is 0 Å². The molecule has 1 aromatic carbocycles. The van der Waals surface area contributed by atoms with E-state index in [1.165, 1.54) is 25.7 Å². The Hall–Kier alpha value is -0.570. The van der Waals surface area contributed by atoms with E-state index in [0.717, 1.165) is 35.6 Å². The van der Waals surface area contributed by atoms with Crippen molar-refractivity contribution in [3.8, 4) is 0 Å². The van der Waals surface area contributed by atoms with Crippen LogP contribution < -0.4 is 5.73 Å². The van der Waals surface area contributed by atoms with Crippen LogP contribution in [0.2, 0.25) is 5.02 Å². The van der Waals surface area contributed by atoms with Gasteiger partial charge in [0, 0.05) is 17.7 Å². The molecule has 0 amide bonds. The average molecular weight is 294 g/mol. The minimum atomic E-state index is 0.0313. The second-order valence-corrected chi connectivity index (χ2v) is 6.87. The van der Waals surface area contributed by atoms with Crippen molar-refractivity contribution in [3.63, 3.8) is 0 Å². The molecule has 0 bridgehead atoms. The molecule has 110 valence electrons. The summed E-state index contributed by atoms with van der Waals surface area (Å²) in [6.45, 7) is 2.89. The maximum absolute atomic E-state index is 6.55. The number of aryl methyl sites for hydroxylation is 1. The first-order chi connectivity index (χ1) is 9.61. The number of hydrogen-bond donors (Lipinski definition) is 1. The number of rotatable bonds is 2. The summed E-state index contributed by atoms with van der Waals surface area (Å²) in [5, 5.41) is 0.840. The largest absolute Gasteiger partial charge is 0.375 e. The lowest BCUT2D eigenvalue weighted by Crippen LogP contribution is -2.40. The third-order valence-electron chi connectivity index (χ3n) is 5.13. The van der Waals surface area contributed by atoms with E-state index >= 15 is 0 Å². The van der Waals surface area contributed by atoms with Crippen LogP contribution in [0.5, 0.6) is 0 Å². The first-order valence-electron chi connectivity index (χ1n) is 7.76. The van der Waals surface area contributed by atoms with Gasteiger partial charge in [0.15, 0.2) is 0 Å². The molecule has 2 fully saturated rings. The van der Waals surface area contributed by atoms with E-state index < -0.39 is 0 Å². The zero-order valence-corrected chi connectivity index (χ0v) is 13.0. The lowest BCUT2D eigenvalue weighted by molar-refractivity contribution is -0.0963. The average Bonchev–Trinajstić information content (AvgIpc) is 2.89. The van der Waals surface area contributed by atoms with Crippen LogP contribution >= 0.6 is 11.6 Å². The molecule has 3 heteroatoms. The molecule has 1 saturated heterocycles. The van der Waals surface area contributed by atoms with Gasteiger partial charge in [-0.2, -0.15) is 0 Å². The highest BCUT2D eigenvalue weighted by molar-refractivity contribution is 6.32. The lowest BCUT2D eigenvalue weighted by Gasteiger charge is -2.40. The van der Waals surface area contributed by atoms with Gasteiger partial charge in [0.05, 0.1) is 5.60 Å². The van der Waals surface area contributed by atoms with E-state index in [-0.39, 0.29) is 11.6 Å². The minimum Gasteiger partial charge on any atom is -0.375 e. The van der Waals surface area contributed by atoms with Crippen LogP contribution in [0.25, 0.3) is 0 Å². The monoisotopic (exact) mass is 293 g/mol. The first-order valence-corrected chi connectivity index (χ1v) is 8.14. The van der Waals surface area contributed by atoms with Crippen molar-refractivity contribution in [2.75, 3.05) is 6.61 Å². The summed E-state index contributed by atoms with van der Waals surface area (Å²) in [6, 6.07) is 6.21.